The minimum absolute atomic E-state index is 0.0433. The van der Waals surface area contributed by atoms with Crippen LogP contribution in [0.2, 0.25) is 0 Å². The Morgan fingerprint density at radius 2 is 2.00 bits per heavy atom. The van der Waals surface area contributed by atoms with Crippen molar-refractivity contribution in [2.75, 3.05) is 13.7 Å². The lowest BCUT2D eigenvalue weighted by atomic mass is 10.0. The number of nitrogens with zero attached hydrogens (tertiary/aromatic N) is 3. The highest BCUT2D eigenvalue weighted by Crippen LogP contribution is 2.26. The number of nitrogens with one attached hydrogen (secondary N) is 2. The van der Waals surface area contributed by atoms with E-state index < -0.39 is 0 Å². The average molecular weight is 406 g/mol. The molecule has 3 aromatic rings. The van der Waals surface area contributed by atoms with Crippen LogP contribution in [-0.4, -0.2) is 29.2 Å². The summed E-state index contributed by atoms with van der Waals surface area (Å²) in [6.45, 7) is 8.31. The standard InChI is InChI=1S/C24H31N5O/c1-5-25-24(28-19(3)21-15-18(2)11-12-22(21)30-4)27-16-23-26-13-14-29(23)17-20-9-7-6-8-10-20/h6-15,19H,5,16-17H2,1-4H3,(H2,25,27,28). The van der Waals surface area contributed by atoms with Gasteiger partial charge in [-0.3, -0.25) is 0 Å². The molecule has 1 heterocycles. The first-order valence-electron chi connectivity index (χ1n) is 10.3. The zero-order valence-electron chi connectivity index (χ0n) is 18.2. The Hall–Kier alpha value is -3.28. The molecule has 6 nitrogen and oxygen atoms in total. The first-order chi connectivity index (χ1) is 14.6. The van der Waals surface area contributed by atoms with Crippen LogP contribution in [-0.2, 0) is 13.1 Å². The molecule has 1 unspecified atom stereocenters. The van der Waals surface area contributed by atoms with Gasteiger partial charge in [0.05, 0.1) is 13.2 Å². The highest BCUT2D eigenvalue weighted by molar-refractivity contribution is 5.80. The van der Waals surface area contributed by atoms with E-state index in [-0.39, 0.29) is 6.04 Å². The molecule has 0 bridgehead atoms. The number of methoxy groups -OCH3 is 1. The largest absolute Gasteiger partial charge is 0.496 e. The Balaban J connectivity index is 1.73. The number of benzene rings is 2. The van der Waals surface area contributed by atoms with Gasteiger partial charge in [0.25, 0.3) is 0 Å². The first kappa shape index (κ1) is 21.4. The zero-order valence-corrected chi connectivity index (χ0v) is 18.2. The predicted octanol–water partition coefficient (Wildman–Crippen LogP) is 4.06. The molecule has 0 aliphatic rings. The maximum absolute atomic E-state index is 5.54. The van der Waals surface area contributed by atoms with Gasteiger partial charge in [0.1, 0.15) is 18.1 Å². The summed E-state index contributed by atoms with van der Waals surface area (Å²) >= 11 is 0. The smallest absolute Gasteiger partial charge is 0.192 e. The number of guanidine groups is 1. The minimum Gasteiger partial charge on any atom is -0.496 e. The number of imidazole rings is 1. The number of ether oxygens (including phenoxy) is 1. The molecule has 2 N–H and O–H groups in total. The molecule has 0 aliphatic heterocycles. The Labute approximate surface area is 179 Å². The van der Waals surface area contributed by atoms with Crippen LogP contribution < -0.4 is 15.4 Å². The Morgan fingerprint density at radius 3 is 2.73 bits per heavy atom. The van der Waals surface area contributed by atoms with Crippen LogP contribution >= 0.6 is 0 Å². The van der Waals surface area contributed by atoms with Crippen LogP contribution in [0.4, 0.5) is 0 Å². The third-order valence-electron chi connectivity index (χ3n) is 4.93. The second-order valence-corrected chi connectivity index (χ2v) is 7.26. The van der Waals surface area contributed by atoms with E-state index in [1.807, 2.05) is 24.5 Å². The van der Waals surface area contributed by atoms with E-state index in [0.717, 1.165) is 36.2 Å². The Morgan fingerprint density at radius 1 is 1.20 bits per heavy atom. The van der Waals surface area contributed by atoms with E-state index in [0.29, 0.717) is 6.54 Å². The summed E-state index contributed by atoms with van der Waals surface area (Å²) in [6.07, 6.45) is 3.83. The summed E-state index contributed by atoms with van der Waals surface area (Å²) in [5, 5.41) is 6.82. The van der Waals surface area contributed by atoms with Gasteiger partial charge in [-0.05, 0) is 32.4 Å². The molecule has 6 heteroatoms. The van der Waals surface area contributed by atoms with E-state index in [4.69, 9.17) is 9.73 Å². The predicted molar refractivity (Wildman–Crippen MR) is 122 cm³/mol. The van der Waals surface area contributed by atoms with E-state index >= 15 is 0 Å². The van der Waals surface area contributed by atoms with Gasteiger partial charge < -0.3 is 19.9 Å². The topological polar surface area (TPSA) is 63.5 Å². The van der Waals surface area contributed by atoms with E-state index in [2.05, 4.69) is 77.4 Å². The van der Waals surface area contributed by atoms with Gasteiger partial charge in [-0.25, -0.2) is 9.98 Å². The van der Waals surface area contributed by atoms with Gasteiger partial charge in [0.15, 0.2) is 5.96 Å². The Bertz CT molecular complexity index is 965. The van der Waals surface area contributed by atoms with Crippen molar-refractivity contribution in [1.82, 2.24) is 20.2 Å². The van der Waals surface area contributed by atoms with Crippen molar-refractivity contribution in [1.29, 1.82) is 0 Å². The number of rotatable bonds is 8. The highest BCUT2D eigenvalue weighted by atomic mass is 16.5. The first-order valence-corrected chi connectivity index (χ1v) is 10.3. The van der Waals surface area contributed by atoms with E-state index in [9.17, 15) is 0 Å². The monoisotopic (exact) mass is 405 g/mol. The molecule has 1 aromatic heterocycles. The highest BCUT2D eigenvalue weighted by Gasteiger charge is 2.13. The van der Waals surface area contributed by atoms with Crippen molar-refractivity contribution >= 4 is 5.96 Å². The lowest BCUT2D eigenvalue weighted by Crippen LogP contribution is -2.38. The summed E-state index contributed by atoms with van der Waals surface area (Å²) in [7, 11) is 1.70. The van der Waals surface area contributed by atoms with E-state index in [1.54, 1.807) is 7.11 Å². The van der Waals surface area contributed by atoms with Crippen molar-refractivity contribution < 1.29 is 4.74 Å². The van der Waals surface area contributed by atoms with Crippen molar-refractivity contribution in [2.24, 2.45) is 4.99 Å². The van der Waals surface area contributed by atoms with Gasteiger partial charge >= 0.3 is 0 Å². The van der Waals surface area contributed by atoms with Crippen LogP contribution in [0.3, 0.4) is 0 Å². The summed E-state index contributed by atoms with van der Waals surface area (Å²) in [5.41, 5.74) is 3.55. The van der Waals surface area contributed by atoms with Crippen molar-refractivity contribution in [2.45, 2.75) is 39.9 Å². The molecule has 2 aromatic carbocycles. The average Bonchev–Trinajstić information content (AvgIpc) is 3.19. The Kier molecular flexibility index (Phi) is 7.49. The molecule has 1 atom stereocenters. The minimum atomic E-state index is 0.0433. The van der Waals surface area contributed by atoms with Crippen molar-refractivity contribution in [3.05, 3.63) is 83.4 Å². The second kappa shape index (κ2) is 10.5. The fourth-order valence-electron chi connectivity index (χ4n) is 3.36. The third-order valence-corrected chi connectivity index (χ3v) is 4.93. The lowest BCUT2D eigenvalue weighted by Gasteiger charge is -2.20. The lowest BCUT2D eigenvalue weighted by molar-refractivity contribution is 0.405. The quantitative estimate of drug-likeness (QED) is 0.438. The van der Waals surface area contributed by atoms with Crippen LogP contribution in [0.15, 0.2) is 65.9 Å². The number of hydrogen-bond donors (Lipinski definition) is 2. The van der Waals surface area contributed by atoms with Gasteiger partial charge in [-0.15, -0.1) is 0 Å². The molecule has 0 radical (unpaired) electrons. The normalized spacial score (nSPS) is 12.5. The maximum Gasteiger partial charge on any atom is 0.192 e. The third kappa shape index (κ3) is 5.63. The molecular weight excluding hydrogens is 374 g/mol. The molecular formula is C24H31N5O. The fourth-order valence-corrected chi connectivity index (χ4v) is 3.36. The van der Waals surface area contributed by atoms with Gasteiger partial charge in [0, 0.05) is 31.0 Å². The molecule has 158 valence electrons. The van der Waals surface area contributed by atoms with Gasteiger partial charge in [-0.1, -0.05) is 48.0 Å². The van der Waals surface area contributed by atoms with Crippen LogP contribution in [0.1, 0.15) is 42.4 Å². The molecule has 0 spiro atoms. The number of aliphatic imine (C=N–C) groups is 1. The summed E-state index contributed by atoms with van der Waals surface area (Å²) in [5.74, 6) is 2.55. The molecule has 0 fully saturated rings. The van der Waals surface area contributed by atoms with Gasteiger partial charge in [0.2, 0.25) is 0 Å². The molecule has 0 saturated heterocycles. The molecule has 0 aliphatic carbocycles. The second-order valence-electron chi connectivity index (χ2n) is 7.26. The summed E-state index contributed by atoms with van der Waals surface area (Å²) in [4.78, 5) is 9.27. The number of hydrogen-bond acceptors (Lipinski definition) is 3. The number of aromatic nitrogens is 2. The van der Waals surface area contributed by atoms with Crippen LogP contribution in [0.5, 0.6) is 5.75 Å². The molecule has 0 saturated carbocycles. The van der Waals surface area contributed by atoms with Crippen LogP contribution in [0.25, 0.3) is 0 Å². The number of aryl methyl sites for hydroxylation is 1. The van der Waals surface area contributed by atoms with E-state index in [1.165, 1.54) is 11.1 Å². The summed E-state index contributed by atoms with van der Waals surface area (Å²) in [6, 6.07) is 16.6. The maximum atomic E-state index is 5.54. The zero-order chi connectivity index (χ0) is 21.3. The molecule has 0 amide bonds. The molecule has 30 heavy (non-hydrogen) atoms. The SMILES string of the molecule is CCNC(=NCc1nccn1Cc1ccccc1)NC(C)c1cc(C)ccc1OC. The van der Waals surface area contributed by atoms with Gasteiger partial charge in [-0.2, -0.15) is 0 Å². The molecule has 3 rings (SSSR count). The summed E-state index contributed by atoms with van der Waals surface area (Å²) < 4.78 is 7.67. The van der Waals surface area contributed by atoms with Crippen molar-refractivity contribution in [3.63, 3.8) is 0 Å². The fraction of sp³-hybridized carbons (Fsp3) is 0.333. The van der Waals surface area contributed by atoms with Crippen LogP contribution in [0, 0.1) is 6.92 Å². The van der Waals surface area contributed by atoms with Crippen molar-refractivity contribution in [3.8, 4) is 5.75 Å².